The minimum Gasteiger partial charge on any atom is -0.372 e. The minimum absolute atomic E-state index is 0. The molecule has 2 aromatic carbocycles. The molecule has 0 radical (unpaired) electrons. The Bertz CT molecular complexity index is 1330. The lowest BCUT2D eigenvalue weighted by atomic mass is 9.78. The average molecular weight is 605 g/mol. The molecule has 0 aromatic heterocycles. The van der Waals surface area contributed by atoms with Gasteiger partial charge in [0.15, 0.2) is 5.60 Å². The van der Waals surface area contributed by atoms with Crippen molar-refractivity contribution < 1.29 is 27.9 Å². The first-order chi connectivity index (χ1) is 17.9. The van der Waals surface area contributed by atoms with Crippen molar-refractivity contribution in [1.29, 1.82) is 0 Å². The van der Waals surface area contributed by atoms with Crippen LogP contribution in [0.3, 0.4) is 0 Å². The number of nitrogens with zero attached hydrogens (tertiary/aromatic N) is 2. The van der Waals surface area contributed by atoms with Gasteiger partial charge in [-0.3, -0.25) is 14.5 Å². The molecule has 1 aliphatic heterocycles. The van der Waals surface area contributed by atoms with E-state index in [1.54, 1.807) is 0 Å². The molecule has 3 N–H and O–H groups in total. The number of carbonyl (C=O) groups excluding carboxylic acids is 2. The molecule has 210 valence electrons. The van der Waals surface area contributed by atoms with E-state index in [0.717, 1.165) is 18.9 Å². The van der Waals surface area contributed by atoms with Crippen LogP contribution in [0, 0.1) is 5.92 Å². The highest BCUT2D eigenvalue weighted by atomic mass is 35.5. The third kappa shape index (κ3) is 4.80. The van der Waals surface area contributed by atoms with E-state index in [9.17, 15) is 27.9 Å². The molecule has 2 aromatic rings. The maximum absolute atomic E-state index is 14.4. The number of amides is 2. The largest absolute Gasteiger partial charge is 0.416 e. The molecule has 3 aliphatic carbocycles. The fourth-order valence-corrected chi connectivity index (χ4v) is 6.75. The normalized spacial score (nSPS) is 26.3. The van der Waals surface area contributed by atoms with Gasteiger partial charge >= 0.3 is 6.18 Å². The number of nitrogens with two attached hydrogens (primary N) is 1. The van der Waals surface area contributed by atoms with Crippen molar-refractivity contribution in [3.8, 4) is 0 Å². The van der Waals surface area contributed by atoms with E-state index in [-0.39, 0.29) is 46.2 Å². The molecule has 0 spiro atoms. The third-order valence-corrected chi connectivity index (χ3v) is 8.79. The summed E-state index contributed by atoms with van der Waals surface area (Å²) in [4.78, 5) is 29.6. The molecule has 6 nitrogen and oxygen atoms in total. The lowest BCUT2D eigenvalue weighted by Gasteiger charge is -2.45. The summed E-state index contributed by atoms with van der Waals surface area (Å²) < 4.78 is 43.1. The molecule has 1 heterocycles. The predicted molar refractivity (Wildman–Crippen MR) is 143 cm³/mol. The van der Waals surface area contributed by atoms with Crippen molar-refractivity contribution >= 4 is 53.1 Å². The summed E-state index contributed by atoms with van der Waals surface area (Å²) >= 11 is 12.3. The Kier molecular flexibility index (Phi) is 7.16. The second-order valence-electron chi connectivity index (χ2n) is 10.9. The van der Waals surface area contributed by atoms with Crippen LogP contribution in [-0.2, 0) is 16.6 Å². The van der Waals surface area contributed by atoms with Gasteiger partial charge in [0.1, 0.15) is 0 Å². The molecule has 3 fully saturated rings. The number of aliphatic hydroxyl groups is 1. The molecule has 0 bridgehead atoms. The van der Waals surface area contributed by atoms with E-state index < -0.39 is 40.3 Å². The molecule has 1 unspecified atom stereocenters. The van der Waals surface area contributed by atoms with Gasteiger partial charge in [-0.05, 0) is 68.7 Å². The molecule has 0 saturated heterocycles. The van der Waals surface area contributed by atoms with Crippen LogP contribution in [0.5, 0.6) is 0 Å². The van der Waals surface area contributed by atoms with Gasteiger partial charge in [0.2, 0.25) is 5.91 Å². The van der Waals surface area contributed by atoms with E-state index in [4.69, 9.17) is 28.9 Å². The Hall–Kier alpha value is -2.04. The monoisotopic (exact) mass is 603 g/mol. The molecule has 3 saturated carbocycles. The van der Waals surface area contributed by atoms with Gasteiger partial charge in [-0.1, -0.05) is 29.3 Å². The maximum Gasteiger partial charge on any atom is 0.416 e. The van der Waals surface area contributed by atoms with Crippen molar-refractivity contribution in [3.05, 3.63) is 62.6 Å². The van der Waals surface area contributed by atoms with Crippen LogP contribution in [-0.4, -0.2) is 46.5 Å². The standard InChI is InChI=1S/C27H26Cl2F3N3O3.ClH/c28-15-1-6-19(21(29)11-15)26(38)23-20(27(30,31)32)9-14(24(33)36)10-22(23)34(25(26)37)12-13-7-18(8-13)35(16-2-3-16)17-4-5-17;/h1,6,9-11,13,16-18,38H,2-5,7-8,12H2,(H2,33,36);1H. The minimum atomic E-state index is -4.99. The Morgan fingerprint density at radius 3 is 2.21 bits per heavy atom. The second-order valence-corrected chi connectivity index (χ2v) is 11.8. The van der Waals surface area contributed by atoms with E-state index in [1.165, 1.54) is 48.8 Å². The number of carbonyl (C=O) groups is 2. The summed E-state index contributed by atoms with van der Waals surface area (Å²) in [5.41, 5.74) is -0.128. The van der Waals surface area contributed by atoms with Crippen LogP contribution in [0.1, 0.15) is 65.6 Å². The predicted octanol–water partition coefficient (Wildman–Crippen LogP) is 5.52. The highest BCUT2D eigenvalue weighted by molar-refractivity contribution is 6.35. The number of hydrogen-bond donors (Lipinski definition) is 2. The van der Waals surface area contributed by atoms with Crippen LogP contribution in [0.4, 0.5) is 18.9 Å². The first kappa shape index (κ1) is 28.5. The topological polar surface area (TPSA) is 86.9 Å². The summed E-state index contributed by atoms with van der Waals surface area (Å²) in [5.74, 6) is -1.99. The average Bonchev–Trinajstić information content (AvgIpc) is 3.73. The number of benzene rings is 2. The van der Waals surface area contributed by atoms with Gasteiger partial charge in [-0.15, -0.1) is 12.4 Å². The number of halogens is 6. The highest BCUT2D eigenvalue weighted by Crippen LogP contribution is 2.53. The number of primary amides is 1. The van der Waals surface area contributed by atoms with Gasteiger partial charge < -0.3 is 15.7 Å². The molecular formula is C27H27Cl3F3N3O3. The number of hydrogen-bond acceptors (Lipinski definition) is 4. The zero-order valence-electron chi connectivity index (χ0n) is 20.7. The van der Waals surface area contributed by atoms with Crippen molar-refractivity contribution in [3.63, 3.8) is 0 Å². The van der Waals surface area contributed by atoms with Crippen molar-refractivity contribution in [2.75, 3.05) is 11.4 Å². The van der Waals surface area contributed by atoms with E-state index >= 15 is 0 Å². The number of alkyl halides is 3. The van der Waals surface area contributed by atoms with Gasteiger partial charge in [0.05, 0.1) is 11.3 Å². The molecule has 2 amide bonds. The van der Waals surface area contributed by atoms with E-state index in [1.807, 2.05) is 0 Å². The van der Waals surface area contributed by atoms with Crippen LogP contribution in [0.15, 0.2) is 30.3 Å². The van der Waals surface area contributed by atoms with Gasteiger partial charge in [-0.25, -0.2) is 0 Å². The van der Waals surface area contributed by atoms with Gasteiger partial charge in [0.25, 0.3) is 5.91 Å². The molecular weight excluding hydrogens is 578 g/mol. The number of anilines is 1. The summed E-state index contributed by atoms with van der Waals surface area (Å²) in [6, 6.07) is 7.23. The summed E-state index contributed by atoms with van der Waals surface area (Å²) in [7, 11) is 0. The fourth-order valence-electron chi connectivity index (χ4n) is 6.20. The summed E-state index contributed by atoms with van der Waals surface area (Å²) in [5, 5.41) is 11.9. The van der Waals surface area contributed by atoms with Crippen LogP contribution in [0.2, 0.25) is 10.0 Å². The first-order valence-corrected chi connectivity index (χ1v) is 13.5. The van der Waals surface area contributed by atoms with Crippen molar-refractivity contribution in [2.24, 2.45) is 11.7 Å². The highest BCUT2D eigenvalue weighted by Gasteiger charge is 2.57. The van der Waals surface area contributed by atoms with Crippen LogP contribution < -0.4 is 10.6 Å². The van der Waals surface area contributed by atoms with Gasteiger partial charge in [0, 0.05) is 51.4 Å². The summed E-state index contributed by atoms with van der Waals surface area (Å²) in [6.07, 6.45) is 1.42. The Labute approximate surface area is 239 Å². The van der Waals surface area contributed by atoms with Crippen molar-refractivity contribution in [1.82, 2.24) is 4.90 Å². The molecule has 4 aliphatic rings. The fraction of sp³-hybridized carbons (Fsp3) is 0.481. The number of rotatable bonds is 7. The Balaban J connectivity index is 0.00000308. The molecule has 6 rings (SSSR count). The molecule has 39 heavy (non-hydrogen) atoms. The van der Waals surface area contributed by atoms with E-state index in [2.05, 4.69) is 4.90 Å². The second kappa shape index (κ2) is 9.80. The van der Waals surface area contributed by atoms with E-state index in [0.29, 0.717) is 24.2 Å². The first-order valence-electron chi connectivity index (χ1n) is 12.7. The zero-order chi connectivity index (χ0) is 27.1. The van der Waals surface area contributed by atoms with Gasteiger partial charge in [-0.2, -0.15) is 13.2 Å². The lowest BCUT2D eigenvalue weighted by molar-refractivity contribution is -0.142. The summed E-state index contributed by atoms with van der Waals surface area (Å²) in [6.45, 7) is 0.110. The van der Waals surface area contributed by atoms with Crippen LogP contribution in [0.25, 0.3) is 0 Å². The Morgan fingerprint density at radius 1 is 1.08 bits per heavy atom. The SMILES string of the molecule is Cl.NC(=O)c1cc2c(c(C(F)(F)F)c1)C(O)(c1ccc(Cl)cc1Cl)C(=O)N2CC1CC(N(C2CC2)C2CC2)C1. The van der Waals surface area contributed by atoms with Crippen LogP contribution >= 0.6 is 35.6 Å². The third-order valence-electron chi connectivity index (χ3n) is 8.25. The Morgan fingerprint density at radius 2 is 1.69 bits per heavy atom. The molecule has 1 atom stereocenters. The lowest BCUT2D eigenvalue weighted by Crippen LogP contribution is -2.51. The van der Waals surface area contributed by atoms with Crippen molar-refractivity contribution in [2.45, 2.75) is 68.4 Å². The molecule has 12 heteroatoms. The maximum atomic E-state index is 14.4. The smallest absolute Gasteiger partial charge is 0.372 e. The zero-order valence-corrected chi connectivity index (χ0v) is 23.0. The number of fused-ring (bicyclic) bond motifs is 1. The quantitative estimate of drug-likeness (QED) is 0.436.